The molecule has 0 heterocycles. The molecule has 0 aliphatic rings. The number of carbonyl (C=O) groups excluding carboxylic acids is 2. The van der Waals surface area contributed by atoms with Crippen molar-refractivity contribution in [1.82, 2.24) is 0 Å². The number of anilines is 2. The molecule has 228 valence electrons. The van der Waals surface area contributed by atoms with E-state index in [-0.39, 0.29) is 48.8 Å². The van der Waals surface area contributed by atoms with Gasteiger partial charge in [0.05, 0.1) is 24.9 Å². The zero-order valence-electron chi connectivity index (χ0n) is 23.8. The van der Waals surface area contributed by atoms with Crippen LogP contribution in [0.15, 0.2) is 59.6 Å². The summed E-state index contributed by atoms with van der Waals surface area (Å²) in [6, 6.07) is 14.4. The molecule has 0 radical (unpaired) electrons. The Labute approximate surface area is 253 Å². The molecule has 2 amide bonds. The third-order valence-electron chi connectivity index (χ3n) is 5.69. The molecule has 13 heteroatoms. The molecule has 0 aliphatic carbocycles. The minimum Gasteiger partial charge on any atom is -0.487 e. The van der Waals surface area contributed by atoms with Gasteiger partial charge in [0.25, 0.3) is 5.91 Å². The van der Waals surface area contributed by atoms with Gasteiger partial charge in [-0.05, 0) is 80.9 Å². The van der Waals surface area contributed by atoms with Gasteiger partial charge in [-0.1, -0.05) is 11.6 Å². The first-order chi connectivity index (χ1) is 20.5. The van der Waals surface area contributed by atoms with Gasteiger partial charge >= 0.3 is 12.1 Å². The lowest BCUT2D eigenvalue weighted by atomic mass is 10.1. The summed E-state index contributed by atoms with van der Waals surface area (Å²) in [6.45, 7) is 4.65. The highest BCUT2D eigenvalue weighted by atomic mass is 35.5. The number of aliphatic imine (C=N–C) groups is 1. The fourth-order valence-electron chi connectivity index (χ4n) is 3.88. The largest absolute Gasteiger partial charge is 0.487 e. The Hall–Kier alpha value is -4.81. The monoisotopic (exact) mass is 612 g/mol. The van der Waals surface area contributed by atoms with E-state index >= 15 is 0 Å². The smallest absolute Gasteiger partial charge is 0.435 e. The van der Waals surface area contributed by atoms with Crippen LogP contribution in [0.3, 0.4) is 0 Å². The van der Waals surface area contributed by atoms with Crippen molar-refractivity contribution < 1.29 is 38.8 Å². The van der Waals surface area contributed by atoms with E-state index in [9.17, 15) is 24.6 Å². The number of nitrogens with zero attached hydrogens (tertiary/aromatic N) is 1. The average molecular weight is 613 g/mol. The average Bonchev–Trinajstić information content (AvgIpc) is 2.95. The number of amides is 2. The minimum atomic E-state index is -1.17. The number of benzene rings is 3. The number of aliphatic carboxylic acids is 1. The molecule has 0 fully saturated rings. The van der Waals surface area contributed by atoms with Gasteiger partial charge in [0, 0.05) is 34.1 Å². The van der Waals surface area contributed by atoms with Crippen LogP contribution in [0, 0.1) is 0 Å². The number of rotatable bonds is 13. The van der Waals surface area contributed by atoms with Crippen molar-refractivity contribution in [3.05, 3.63) is 81.9 Å². The van der Waals surface area contributed by atoms with E-state index in [2.05, 4.69) is 15.6 Å². The summed E-state index contributed by atoms with van der Waals surface area (Å²) in [6.07, 6.45) is -1.05. The Morgan fingerprint density at radius 2 is 1.79 bits per heavy atom. The molecule has 0 bridgehead atoms. The van der Waals surface area contributed by atoms with E-state index in [4.69, 9.17) is 31.5 Å². The van der Waals surface area contributed by atoms with Crippen LogP contribution in [0.25, 0.3) is 0 Å². The molecule has 0 aromatic heterocycles. The first-order valence-electron chi connectivity index (χ1n) is 13.2. The molecular weight excluding hydrogens is 580 g/mol. The van der Waals surface area contributed by atoms with Crippen LogP contribution in [0.1, 0.15) is 47.8 Å². The van der Waals surface area contributed by atoms with Gasteiger partial charge in [0.1, 0.15) is 5.84 Å². The van der Waals surface area contributed by atoms with Crippen LogP contribution in [0.5, 0.6) is 11.5 Å². The summed E-state index contributed by atoms with van der Waals surface area (Å²) in [7, 11) is 0. The SMILES string of the molecule is CCOC(=O)/N=C(\N)c1ccc(NC(=O)c2cc(Cl)ccc2NCc2cc(CO)cc(OC(C)C)c2OCC(=O)O)cc1. The number of carboxylic acids is 1. The third kappa shape index (κ3) is 9.62. The number of carboxylic acid groups (broad SMARTS) is 1. The predicted octanol–water partition coefficient (Wildman–Crippen LogP) is 4.81. The van der Waals surface area contributed by atoms with Gasteiger partial charge in [-0.25, -0.2) is 9.59 Å². The number of aliphatic hydroxyl groups excluding tert-OH is 1. The zero-order chi connectivity index (χ0) is 31.5. The first kappa shape index (κ1) is 32.7. The Morgan fingerprint density at radius 3 is 2.42 bits per heavy atom. The summed E-state index contributed by atoms with van der Waals surface area (Å²) in [5.41, 5.74) is 8.45. The molecule has 3 rings (SSSR count). The van der Waals surface area contributed by atoms with Crippen molar-refractivity contribution >= 4 is 46.8 Å². The van der Waals surface area contributed by atoms with Gasteiger partial charge in [-0.3, -0.25) is 4.79 Å². The van der Waals surface area contributed by atoms with Crippen LogP contribution in [-0.4, -0.2) is 53.3 Å². The fraction of sp³-hybridized carbons (Fsp3) is 0.267. The van der Waals surface area contributed by atoms with Crippen LogP contribution >= 0.6 is 11.6 Å². The number of halogens is 1. The second-order valence-corrected chi connectivity index (χ2v) is 9.80. The summed E-state index contributed by atoms with van der Waals surface area (Å²) >= 11 is 6.21. The van der Waals surface area contributed by atoms with E-state index in [1.165, 1.54) is 6.07 Å². The molecule has 0 saturated carbocycles. The first-order valence-corrected chi connectivity index (χ1v) is 13.6. The summed E-state index contributed by atoms with van der Waals surface area (Å²) in [5.74, 6) is -1.19. The highest BCUT2D eigenvalue weighted by Crippen LogP contribution is 2.35. The standard InChI is InChI=1S/C30H33ClN4O8/c1-4-41-30(40)35-28(32)19-5-8-22(9-6-19)34-29(39)23-13-21(31)7-10-24(23)33-14-20-11-18(15-36)12-25(43-17(2)3)27(20)42-16-26(37)38/h5-13,17,33,36H,4,14-16H2,1-3H3,(H,34,39)(H,37,38)(H2,32,35,40). The number of nitrogens with one attached hydrogen (secondary N) is 2. The molecule has 3 aromatic rings. The van der Waals surface area contributed by atoms with Crippen molar-refractivity contribution in [2.75, 3.05) is 23.8 Å². The Kier molecular flexibility index (Phi) is 11.7. The van der Waals surface area contributed by atoms with Crippen molar-refractivity contribution in [2.45, 2.75) is 40.0 Å². The van der Waals surface area contributed by atoms with Gasteiger partial charge in [-0.15, -0.1) is 0 Å². The maximum absolute atomic E-state index is 13.3. The number of hydrogen-bond donors (Lipinski definition) is 5. The molecule has 43 heavy (non-hydrogen) atoms. The number of hydrogen-bond acceptors (Lipinski definition) is 8. The van der Waals surface area contributed by atoms with Crippen LogP contribution in [-0.2, 0) is 22.7 Å². The van der Waals surface area contributed by atoms with Gasteiger partial charge < -0.3 is 40.8 Å². The predicted molar refractivity (Wildman–Crippen MR) is 162 cm³/mol. The van der Waals surface area contributed by atoms with Crippen molar-refractivity contribution in [1.29, 1.82) is 0 Å². The number of nitrogens with two attached hydrogens (primary N) is 1. The second kappa shape index (κ2) is 15.4. The molecule has 0 saturated heterocycles. The maximum Gasteiger partial charge on any atom is 0.435 e. The second-order valence-electron chi connectivity index (χ2n) is 9.36. The van der Waals surface area contributed by atoms with Crippen LogP contribution < -0.4 is 25.8 Å². The normalized spacial score (nSPS) is 11.2. The molecular formula is C30H33ClN4O8. The number of aliphatic hydroxyl groups is 1. The Balaban J connectivity index is 1.84. The lowest BCUT2D eigenvalue weighted by Gasteiger charge is -2.20. The minimum absolute atomic E-state index is 0.0309. The molecule has 12 nitrogen and oxygen atoms in total. The van der Waals surface area contributed by atoms with E-state index in [1.807, 2.05) is 13.8 Å². The van der Waals surface area contributed by atoms with E-state index < -0.39 is 24.6 Å². The van der Waals surface area contributed by atoms with Gasteiger partial charge in [0.2, 0.25) is 0 Å². The highest BCUT2D eigenvalue weighted by Gasteiger charge is 2.18. The summed E-state index contributed by atoms with van der Waals surface area (Å²) < 4.78 is 16.2. The fourth-order valence-corrected chi connectivity index (χ4v) is 4.05. The molecule has 6 N–H and O–H groups in total. The number of amidine groups is 1. The molecule has 0 spiro atoms. The van der Waals surface area contributed by atoms with Crippen molar-refractivity contribution in [3.8, 4) is 11.5 Å². The van der Waals surface area contributed by atoms with E-state index in [0.29, 0.717) is 33.1 Å². The number of carbonyl (C=O) groups is 3. The van der Waals surface area contributed by atoms with Gasteiger partial charge in [0.15, 0.2) is 18.1 Å². The zero-order valence-corrected chi connectivity index (χ0v) is 24.6. The van der Waals surface area contributed by atoms with Crippen molar-refractivity contribution in [2.24, 2.45) is 10.7 Å². The molecule has 0 unspecified atom stereocenters. The quantitative estimate of drug-likeness (QED) is 0.133. The van der Waals surface area contributed by atoms with E-state index in [0.717, 1.165) is 0 Å². The maximum atomic E-state index is 13.3. The molecule has 0 atom stereocenters. The Morgan fingerprint density at radius 1 is 1.07 bits per heavy atom. The Bertz CT molecular complexity index is 1490. The third-order valence-corrected chi connectivity index (χ3v) is 5.93. The number of ether oxygens (including phenoxy) is 3. The van der Waals surface area contributed by atoms with Crippen molar-refractivity contribution in [3.63, 3.8) is 0 Å². The van der Waals surface area contributed by atoms with Crippen LogP contribution in [0.4, 0.5) is 16.2 Å². The molecule has 3 aromatic carbocycles. The van der Waals surface area contributed by atoms with Gasteiger partial charge in [-0.2, -0.15) is 4.99 Å². The lowest BCUT2D eigenvalue weighted by molar-refractivity contribution is -0.139. The summed E-state index contributed by atoms with van der Waals surface area (Å²) in [4.78, 5) is 39.7. The lowest BCUT2D eigenvalue weighted by Crippen LogP contribution is -2.17. The van der Waals surface area contributed by atoms with E-state index in [1.54, 1.807) is 55.5 Å². The highest BCUT2D eigenvalue weighted by molar-refractivity contribution is 6.31. The summed E-state index contributed by atoms with van der Waals surface area (Å²) in [5, 5.41) is 25.3. The topological polar surface area (TPSA) is 182 Å². The van der Waals surface area contributed by atoms with Crippen LogP contribution in [0.2, 0.25) is 5.02 Å². The molecule has 0 aliphatic heterocycles.